The first-order chi connectivity index (χ1) is 36.9. The number of imide groups is 1. The molecule has 4 N–H and O–H groups in total. The molecule has 0 radical (unpaired) electrons. The van der Waals surface area contributed by atoms with Crippen LogP contribution in [0.3, 0.4) is 0 Å². The summed E-state index contributed by atoms with van der Waals surface area (Å²) in [6.45, 7) is 3.58. The van der Waals surface area contributed by atoms with Gasteiger partial charge in [0.25, 0.3) is 0 Å². The molecule has 1 spiro atoms. The molecule has 76 heavy (non-hydrogen) atoms. The van der Waals surface area contributed by atoms with E-state index in [9.17, 15) is 15.0 Å². The highest BCUT2D eigenvalue weighted by Gasteiger charge is 2.76. The number of benzene rings is 6. The van der Waals surface area contributed by atoms with Crippen LogP contribution in [-0.2, 0) is 40.6 Å². The number of aliphatic hydroxyl groups excluding tert-OH is 2. The second-order valence-electron chi connectivity index (χ2n) is 19.6. The number of anilines is 1. The number of para-hydroxylation sites is 1. The Morgan fingerprint density at radius 3 is 2.11 bits per heavy atom. The van der Waals surface area contributed by atoms with Gasteiger partial charge >= 0.3 is 18.0 Å². The number of methoxy groups -OCH3 is 1. The second kappa shape index (κ2) is 23.2. The zero-order valence-corrected chi connectivity index (χ0v) is 42.7. The van der Waals surface area contributed by atoms with Crippen molar-refractivity contribution in [2.45, 2.75) is 62.2 Å². The van der Waals surface area contributed by atoms with Crippen molar-refractivity contribution in [1.82, 2.24) is 20.4 Å². The molecule has 3 aliphatic heterocycles. The van der Waals surface area contributed by atoms with Crippen molar-refractivity contribution in [2.75, 3.05) is 45.4 Å². The summed E-state index contributed by atoms with van der Waals surface area (Å²) in [5.41, 5.74) is 1.76. The zero-order valence-electron chi connectivity index (χ0n) is 42.7. The number of cyclic esters (lactones) is 1. The molecule has 2 fully saturated rings. The Morgan fingerprint density at radius 1 is 0.816 bits per heavy atom. The van der Waals surface area contributed by atoms with Crippen LogP contribution in [0.1, 0.15) is 77.1 Å². The quantitative estimate of drug-likeness (QED) is 0.0578. The van der Waals surface area contributed by atoms with E-state index in [0.717, 1.165) is 10.5 Å². The number of esters is 2. The standard InChI is InChI=1S/C61H61N5O10/c1-39(2)51(57(70)74-4)63-60(73)65-47-32-31-40(22-19-33-64(3)38-41-20-9-5-10-21-41)36-46(47)61(59(65)72)50(56(69)62-37-48(68)42-23-11-6-12-24-42)53-58(71)76-54(44-27-15-8-16-28-44)52(43-25-13-7-14-26-43)66(53)55(61)45-29-17-18-30-49(45)75-35-34-67/h5-18,20-21,23-32,36,39,48,50-55,67-68H,33-35,37-38H2,1-4H3,(H,62,69)(H,63,73). The van der Waals surface area contributed by atoms with Gasteiger partial charge in [-0.3, -0.25) is 24.2 Å². The number of ether oxygens (including phenoxy) is 3. The van der Waals surface area contributed by atoms with Crippen LogP contribution in [0.25, 0.3) is 0 Å². The minimum atomic E-state index is -2.23. The fraction of sp³-hybridized carbons (Fsp3) is 0.295. The van der Waals surface area contributed by atoms with Gasteiger partial charge in [0.2, 0.25) is 11.8 Å². The maximum Gasteiger partial charge on any atom is 0.329 e. The Bertz CT molecular complexity index is 3110. The minimum Gasteiger partial charge on any atom is -0.491 e. The molecule has 0 aromatic heterocycles. The average Bonchev–Trinajstić information content (AvgIpc) is 4.12. The van der Waals surface area contributed by atoms with Crippen molar-refractivity contribution in [1.29, 1.82) is 0 Å². The summed E-state index contributed by atoms with van der Waals surface area (Å²) < 4.78 is 18.1. The van der Waals surface area contributed by atoms with Gasteiger partial charge in [-0.05, 0) is 65.0 Å². The van der Waals surface area contributed by atoms with Gasteiger partial charge in [-0.1, -0.05) is 165 Å². The topological polar surface area (TPSA) is 187 Å². The number of nitrogens with zero attached hydrogens (tertiary/aromatic N) is 3. The van der Waals surface area contributed by atoms with Gasteiger partial charge in [-0.15, -0.1) is 0 Å². The molecule has 8 unspecified atom stereocenters. The highest BCUT2D eigenvalue weighted by atomic mass is 16.6. The van der Waals surface area contributed by atoms with Crippen molar-refractivity contribution in [3.05, 3.63) is 203 Å². The van der Waals surface area contributed by atoms with E-state index in [0.29, 0.717) is 40.9 Å². The molecule has 6 aromatic rings. The molecule has 8 atom stereocenters. The third kappa shape index (κ3) is 10.2. The molecule has 2 saturated heterocycles. The van der Waals surface area contributed by atoms with E-state index in [4.69, 9.17) is 14.2 Å². The van der Waals surface area contributed by atoms with Gasteiger partial charge in [0.15, 0.2) is 0 Å². The molecule has 390 valence electrons. The number of hydrogen-bond donors (Lipinski definition) is 4. The minimum absolute atomic E-state index is 0.0755. The Balaban J connectivity index is 1.32. The van der Waals surface area contributed by atoms with Crippen LogP contribution >= 0.6 is 0 Å². The van der Waals surface area contributed by atoms with E-state index in [1.165, 1.54) is 7.11 Å². The molecule has 0 saturated carbocycles. The maximum atomic E-state index is 16.9. The third-order valence-electron chi connectivity index (χ3n) is 14.4. The zero-order chi connectivity index (χ0) is 53.5. The predicted octanol–water partition coefficient (Wildman–Crippen LogP) is 6.96. The molecule has 3 heterocycles. The van der Waals surface area contributed by atoms with Gasteiger partial charge in [0.05, 0.1) is 50.1 Å². The van der Waals surface area contributed by atoms with E-state index >= 15 is 19.2 Å². The number of carbonyl (C=O) groups excluding carboxylic acids is 5. The molecule has 0 bridgehead atoms. The monoisotopic (exact) mass is 1020 g/mol. The Morgan fingerprint density at radius 2 is 1.45 bits per heavy atom. The van der Waals surface area contributed by atoms with Gasteiger partial charge in [0, 0.05) is 24.2 Å². The van der Waals surface area contributed by atoms with Crippen LogP contribution in [0.2, 0.25) is 0 Å². The highest BCUT2D eigenvalue weighted by molar-refractivity contribution is 6.25. The summed E-state index contributed by atoms with van der Waals surface area (Å²) in [5, 5.41) is 27.5. The van der Waals surface area contributed by atoms with Crippen LogP contribution in [0.15, 0.2) is 164 Å². The number of carbonyl (C=O) groups is 5. The molecule has 15 nitrogen and oxygen atoms in total. The first-order valence-corrected chi connectivity index (χ1v) is 25.4. The molecular formula is C61H61N5O10. The number of rotatable bonds is 16. The average molecular weight is 1020 g/mol. The fourth-order valence-electron chi connectivity index (χ4n) is 11.1. The van der Waals surface area contributed by atoms with Crippen LogP contribution in [0, 0.1) is 23.7 Å². The molecule has 0 aliphatic carbocycles. The number of morpholine rings is 1. The lowest BCUT2D eigenvalue weighted by molar-refractivity contribution is -0.178. The van der Waals surface area contributed by atoms with Crippen molar-refractivity contribution >= 4 is 35.5 Å². The van der Waals surface area contributed by atoms with Gasteiger partial charge in [-0.2, -0.15) is 0 Å². The van der Waals surface area contributed by atoms with Crippen molar-refractivity contribution in [2.24, 2.45) is 11.8 Å². The molecule has 9 rings (SSSR count). The van der Waals surface area contributed by atoms with E-state index in [-0.39, 0.29) is 36.8 Å². The first kappa shape index (κ1) is 52.7. The molecule has 3 aliphatic rings. The second-order valence-corrected chi connectivity index (χ2v) is 19.6. The Kier molecular flexibility index (Phi) is 16.1. The smallest absolute Gasteiger partial charge is 0.329 e. The van der Waals surface area contributed by atoms with Crippen LogP contribution in [0.5, 0.6) is 5.75 Å². The van der Waals surface area contributed by atoms with Gasteiger partial charge < -0.3 is 35.1 Å². The van der Waals surface area contributed by atoms with E-state index in [1.54, 1.807) is 86.6 Å². The lowest BCUT2D eigenvalue weighted by atomic mass is 9.65. The van der Waals surface area contributed by atoms with Crippen LogP contribution < -0.4 is 20.3 Å². The Labute approximate surface area is 442 Å². The normalized spacial score (nSPS) is 21.5. The van der Waals surface area contributed by atoms with Crippen molar-refractivity contribution in [3.63, 3.8) is 0 Å². The number of urea groups is 1. The highest BCUT2D eigenvalue weighted by Crippen LogP contribution is 2.66. The van der Waals surface area contributed by atoms with E-state index in [1.807, 2.05) is 103 Å². The number of nitrogens with one attached hydrogen (secondary N) is 2. The number of amides is 4. The number of fused-ring (bicyclic) bond motifs is 3. The SMILES string of the molecule is COC(=O)C(NC(=O)N1C(=O)C2(c3cc(C#CCN(C)Cc4ccccc4)ccc31)C(C(=O)NCC(O)c1ccccc1)C1C(=O)OC(c3ccccc3)C(c3ccccc3)N1C2c1ccccc1OCCO)C(C)C. The van der Waals surface area contributed by atoms with Crippen LogP contribution in [0.4, 0.5) is 10.5 Å². The largest absolute Gasteiger partial charge is 0.491 e. The summed E-state index contributed by atoms with van der Waals surface area (Å²) in [6.07, 6.45) is -2.21. The lowest BCUT2D eigenvalue weighted by Crippen LogP contribution is -2.58. The first-order valence-electron chi connectivity index (χ1n) is 25.4. The summed E-state index contributed by atoms with van der Waals surface area (Å²) in [7, 11) is 3.15. The summed E-state index contributed by atoms with van der Waals surface area (Å²) in [4.78, 5) is 81.9. The number of hydrogen-bond acceptors (Lipinski definition) is 12. The van der Waals surface area contributed by atoms with E-state index in [2.05, 4.69) is 27.4 Å². The lowest BCUT2D eigenvalue weighted by Gasteiger charge is -2.46. The van der Waals surface area contributed by atoms with Crippen molar-refractivity contribution < 1.29 is 48.4 Å². The van der Waals surface area contributed by atoms with Crippen molar-refractivity contribution in [3.8, 4) is 17.6 Å². The molecule has 4 amide bonds. The van der Waals surface area contributed by atoms with Gasteiger partial charge in [0.1, 0.15) is 36.0 Å². The molecular weight excluding hydrogens is 963 g/mol. The third-order valence-corrected chi connectivity index (χ3v) is 14.4. The summed E-state index contributed by atoms with van der Waals surface area (Å²) in [5.74, 6) is 1.35. The van der Waals surface area contributed by atoms with Gasteiger partial charge in [-0.25, -0.2) is 14.5 Å². The molecule has 6 aromatic carbocycles. The number of aliphatic hydroxyl groups is 2. The summed E-state index contributed by atoms with van der Waals surface area (Å²) >= 11 is 0. The fourth-order valence-corrected chi connectivity index (χ4v) is 11.1. The molecule has 15 heteroatoms. The maximum absolute atomic E-state index is 16.9. The summed E-state index contributed by atoms with van der Waals surface area (Å²) in [6, 6.07) is 43.2. The van der Waals surface area contributed by atoms with E-state index < -0.39 is 83.4 Å². The Hall–Kier alpha value is -8.13. The van der Waals surface area contributed by atoms with Crippen LogP contribution in [-0.4, -0.2) is 102 Å². The predicted molar refractivity (Wildman–Crippen MR) is 284 cm³/mol.